The minimum atomic E-state index is -1.43. The summed E-state index contributed by atoms with van der Waals surface area (Å²) in [5, 5.41) is 3.23. The van der Waals surface area contributed by atoms with Crippen molar-refractivity contribution >= 4 is 17.4 Å². The van der Waals surface area contributed by atoms with Gasteiger partial charge in [-0.3, -0.25) is 4.79 Å². The first-order chi connectivity index (χ1) is 13.0. The smallest absolute Gasteiger partial charge is 0.340 e. The molecule has 3 rings (SSSR count). The van der Waals surface area contributed by atoms with Crippen molar-refractivity contribution in [3.8, 4) is 5.75 Å². The lowest BCUT2D eigenvalue weighted by Gasteiger charge is -2.34. The number of esters is 1. The van der Waals surface area contributed by atoms with Gasteiger partial charge in [0.25, 0.3) is 0 Å². The molecule has 2 aromatic rings. The molecule has 2 atom stereocenters. The van der Waals surface area contributed by atoms with Crippen LogP contribution in [0.25, 0.3) is 0 Å². The molecule has 0 aliphatic heterocycles. The summed E-state index contributed by atoms with van der Waals surface area (Å²) >= 11 is 0. The van der Waals surface area contributed by atoms with Crippen LogP contribution in [-0.4, -0.2) is 30.5 Å². The van der Waals surface area contributed by atoms with Crippen LogP contribution in [0.2, 0.25) is 0 Å². The molecule has 142 valence electrons. The second-order valence-electron chi connectivity index (χ2n) is 7.04. The van der Waals surface area contributed by atoms with Crippen molar-refractivity contribution in [1.82, 2.24) is 0 Å². The van der Waals surface area contributed by atoms with Gasteiger partial charge in [0.1, 0.15) is 5.75 Å². The van der Waals surface area contributed by atoms with E-state index in [9.17, 15) is 9.59 Å². The molecule has 1 fully saturated rings. The van der Waals surface area contributed by atoms with Gasteiger partial charge in [-0.05, 0) is 50.1 Å². The first kappa shape index (κ1) is 19.0. The average Bonchev–Trinajstić information content (AvgIpc) is 3.00. The molecule has 1 aliphatic carbocycles. The van der Waals surface area contributed by atoms with Crippen molar-refractivity contribution in [2.24, 2.45) is 0 Å². The van der Waals surface area contributed by atoms with Gasteiger partial charge in [-0.15, -0.1) is 0 Å². The molecule has 2 aromatic carbocycles. The number of hydrogen-bond donors (Lipinski definition) is 1. The number of benzene rings is 2. The summed E-state index contributed by atoms with van der Waals surface area (Å²) in [5.41, 5.74) is 0.193. The zero-order chi connectivity index (χ0) is 19.4. The van der Waals surface area contributed by atoms with E-state index in [1.807, 2.05) is 30.3 Å². The lowest BCUT2D eigenvalue weighted by molar-refractivity contribution is -0.155. The van der Waals surface area contributed by atoms with Gasteiger partial charge in [-0.25, -0.2) is 4.79 Å². The predicted molar refractivity (Wildman–Crippen MR) is 104 cm³/mol. The van der Waals surface area contributed by atoms with E-state index in [4.69, 9.17) is 9.47 Å². The molecule has 0 spiro atoms. The van der Waals surface area contributed by atoms with Crippen LogP contribution in [0.15, 0.2) is 54.6 Å². The van der Waals surface area contributed by atoms with E-state index in [0.29, 0.717) is 24.3 Å². The summed E-state index contributed by atoms with van der Waals surface area (Å²) in [4.78, 5) is 26.2. The summed E-state index contributed by atoms with van der Waals surface area (Å²) in [7, 11) is 1.59. The molecule has 1 saturated carbocycles. The number of carbonyl (C=O) groups excluding carboxylic acids is 2. The number of methoxy groups -OCH3 is 1. The Balaban J connectivity index is 2.04. The quantitative estimate of drug-likeness (QED) is 0.619. The van der Waals surface area contributed by atoms with E-state index in [-0.39, 0.29) is 17.8 Å². The fourth-order valence-corrected chi connectivity index (χ4v) is 3.66. The Morgan fingerprint density at radius 3 is 2.37 bits per heavy atom. The van der Waals surface area contributed by atoms with Crippen LogP contribution in [0.1, 0.15) is 38.2 Å². The van der Waals surface area contributed by atoms with Gasteiger partial charge < -0.3 is 14.8 Å². The van der Waals surface area contributed by atoms with Crippen molar-refractivity contribution in [1.29, 1.82) is 0 Å². The van der Waals surface area contributed by atoms with E-state index in [0.717, 1.165) is 5.56 Å². The average molecular weight is 367 g/mol. The van der Waals surface area contributed by atoms with Crippen LogP contribution in [-0.2, 0) is 14.3 Å². The Morgan fingerprint density at radius 1 is 1.11 bits per heavy atom. The topological polar surface area (TPSA) is 64.6 Å². The molecule has 1 aliphatic rings. The number of rotatable bonds is 6. The third kappa shape index (κ3) is 3.68. The highest BCUT2D eigenvalue weighted by Crippen LogP contribution is 2.44. The molecule has 0 radical (unpaired) electrons. The minimum absolute atomic E-state index is 0.141. The maximum absolute atomic E-state index is 13.2. The van der Waals surface area contributed by atoms with Crippen LogP contribution in [0.4, 0.5) is 5.69 Å². The van der Waals surface area contributed by atoms with Crippen molar-refractivity contribution in [3.63, 3.8) is 0 Å². The fourth-order valence-electron chi connectivity index (χ4n) is 3.66. The molecule has 27 heavy (non-hydrogen) atoms. The second-order valence-corrected chi connectivity index (χ2v) is 7.04. The van der Waals surface area contributed by atoms with Crippen LogP contribution in [0, 0.1) is 0 Å². The lowest BCUT2D eigenvalue weighted by Crippen LogP contribution is -2.55. The zero-order valence-electron chi connectivity index (χ0n) is 15.9. The molecule has 0 saturated heterocycles. The highest BCUT2D eigenvalue weighted by molar-refractivity contribution is 6.14. The Kier molecular flexibility index (Phi) is 5.49. The van der Waals surface area contributed by atoms with Gasteiger partial charge in [-0.1, -0.05) is 30.3 Å². The van der Waals surface area contributed by atoms with Gasteiger partial charge in [0.2, 0.25) is 5.54 Å². The third-order valence-electron chi connectivity index (χ3n) is 4.92. The molecule has 5 heteroatoms. The number of ether oxygens (including phenoxy) is 2. The summed E-state index contributed by atoms with van der Waals surface area (Å²) in [6.45, 7) is 3.58. The molecular formula is C22H25NO4. The monoisotopic (exact) mass is 367 g/mol. The molecule has 5 nitrogen and oxygen atoms in total. The number of nitrogens with one attached hydrogen (secondary N) is 1. The number of carbonyl (C=O) groups is 2. The number of Topliss-reactive ketones (excluding diaryl/α,β-unsaturated/α-hetero) is 1. The van der Waals surface area contributed by atoms with Crippen molar-refractivity contribution in [3.05, 3.63) is 60.2 Å². The summed E-state index contributed by atoms with van der Waals surface area (Å²) in [5.74, 6) is -0.251. The maximum atomic E-state index is 13.2. The van der Waals surface area contributed by atoms with Crippen molar-refractivity contribution in [2.75, 3.05) is 12.4 Å². The third-order valence-corrected chi connectivity index (χ3v) is 4.92. The van der Waals surface area contributed by atoms with Crippen LogP contribution < -0.4 is 10.1 Å². The standard InChI is InChI=1S/C22H25NO4/c1-15(2)27-21(25)22(23-17-9-11-18(26-3)12-10-17)19(13-14-20(22)24)16-7-5-4-6-8-16/h4-12,15,19,23H,13-14H2,1-3H3. The number of ketones is 1. The van der Waals surface area contributed by atoms with Gasteiger partial charge in [0.05, 0.1) is 13.2 Å². The molecule has 0 amide bonds. The van der Waals surface area contributed by atoms with Gasteiger partial charge in [-0.2, -0.15) is 0 Å². The zero-order valence-corrected chi connectivity index (χ0v) is 15.9. The number of anilines is 1. The van der Waals surface area contributed by atoms with E-state index in [2.05, 4.69) is 5.32 Å². The normalized spacial score (nSPS) is 21.9. The number of hydrogen-bond acceptors (Lipinski definition) is 5. The fraction of sp³-hybridized carbons (Fsp3) is 0.364. The van der Waals surface area contributed by atoms with Crippen LogP contribution in [0.3, 0.4) is 0 Å². The summed E-state index contributed by atoms with van der Waals surface area (Å²) < 4.78 is 10.7. The highest BCUT2D eigenvalue weighted by Gasteiger charge is 2.57. The van der Waals surface area contributed by atoms with Crippen molar-refractivity contribution in [2.45, 2.75) is 44.2 Å². The molecular weight excluding hydrogens is 342 g/mol. The van der Waals surface area contributed by atoms with Gasteiger partial charge in [0, 0.05) is 18.0 Å². The molecule has 0 aromatic heterocycles. The highest BCUT2D eigenvalue weighted by atomic mass is 16.5. The Hall–Kier alpha value is -2.82. The first-order valence-electron chi connectivity index (χ1n) is 9.19. The van der Waals surface area contributed by atoms with Gasteiger partial charge in [0.15, 0.2) is 5.78 Å². The van der Waals surface area contributed by atoms with Crippen LogP contribution in [0.5, 0.6) is 5.75 Å². The second kappa shape index (κ2) is 7.82. The minimum Gasteiger partial charge on any atom is -0.497 e. The Morgan fingerprint density at radius 2 is 1.78 bits per heavy atom. The molecule has 2 unspecified atom stereocenters. The van der Waals surface area contributed by atoms with E-state index in [1.54, 1.807) is 45.2 Å². The Bertz CT molecular complexity index is 801. The summed E-state index contributed by atoms with van der Waals surface area (Å²) in [6, 6.07) is 16.9. The van der Waals surface area contributed by atoms with E-state index < -0.39 is 11.5 Å². The summed E-state index contributed by atoms with van der Waals surface area (Å²) in [6.07, 6.45) is 0.617. The lowest BCUT2D eigenvalue weighted by atomic mass is 9.81. The SMILES string of the molecule is COc1ccc(NC2(C(=O)OC(C)C)C(=O)CCC2c2ccccc2)cc1. The van der Waals surface area contributed by atoms with Crippen molar-refractivity contribution < 1.29 is 19.1 Å². The van der Waals surface area contributed by atoms with Gasteiger partial charge >= 0.3 is 5.97 Å². The predicted octanol–water partition coefficient (Wildman–Crippen LogP) is 3.94. The van der Waals surface area contributed by atoms with Crippen LogP contribution >= 0.6 is 0 Å². The maximum Gasteiger partial charge on any atom is 0.340 e. The first-order valence-corrected chi connectivity index (χ1v) is 9.19. The molecule has 0 bridgehead atoms. The van der Waals surface area contributed by atoms with E-state index >= 15 is 0 Å². The Labute approximate surface area is 159 Å². The largest absolute Gasteiger partial charge is 0.497 e. The molecule has 1 N–H and O–H groups in total. The molecule has 0 heterocycles. The van der Waals surface area contributed by atoms with E-state index in [1.165, 1.54) is 0 Å².